The van der Waals surface area contributed by atoms with E-state index < -0.39 is 0 Å². The molecule has 2 aromatic heterocycles. The Balaban J connectivity index is 2.18. The highest BCUT2D eigenvalue weighted by Gasteiger charge is 2.15. The van der Waals surface area contributed by atoms with Crippen molar-refractivity contribution in [2.75, 3.05) is 0 Å². The van der Waals surface area contributed by atoms with Crippen LogP contribution in [0.4, 0.5) is 0 Å². The Morgan fingerprint density at radius 1 is 1.24 bits per heavy atom. The van der Waals surface area contributed by atoms with Crippen LogP contribution in [0, 0.1) is 0 Å². The number of carbonyl (C=O) groups is 1. The predicted octanol–water partition coefficient (Wildman–Crippen LogP) is 1.50. The minimum atomic E-state index is -0.279. The lowest BCUT2D eigenvalue weighted by molar-refractivity contribution is -0.905. The van der Waals surface area contributed by atoms with Crippen molar-refractivity contribution in [2.24, 2.45) is 0 Å². The molecular formula is C13H11N2O2+. The van der Waals surface area contributed by atoms with Crippen LogP contribution in [-0.2, 0) is 0 Å². The van der Waals surface area contributed by atoms with Gasteiger partial charge in [-0.1, -0.05) is 6.07 Å². The molecule has 0 radical (unpaired) electrons. The van der Waals surface area contributed by atoms with Crippen molar-refractivity contribution >= 4 is 11.9 Å². The Labute approximate surface area is 98.5 Å². The third-order valence-corrected chi connectivity index (χ3v) is 2.18. The number of aromatic nitrogens is 2. The van der Waals surface area contributed by atoms with E-state index in [1.54, 1.807) is 42.6 Å². The van der Waals surface area contributed by atoms with Crippen LogP contribution in [0.2, 0.25) is 0 Å². The van der Waals surface area contributed by atoms with Crippen LogP contribution < -0.4 is 4.73 Å². The summed E-state index contributed by atoms with van der Waals surface area (Å²) >= 11 is 0. The number of allylic oxidation sites excluding steroid dienone is 1. The Morgan fingerprint density at radius 3 is 2.76 bits per heavy atom. The topological polar surface area (TPSA) is 54.1 Å². The Hall–Kier alpha value is -2.49. The fourth-order valence-corrected chi connectivity index (χ4v) is 1.35. The van der Waals surface area contributed by atoms with Crippen molar-refractivity contribution in [1.29, 1.82) is 0 Å². The molecule has 0 saturated carbocycles. The van der Waals surface area contributed by atoms with E-state index in [4.69, 9.17) is 0 Å². The molecule has 0 fully saturated rings. The molecule has 0 amide bonds. The number of carbonyl (C=O) groups excluding carboxylic acids is 1. The summed E-state index contributed by atoms with van der Waals surface area (Å²) in [5.41, 5.74) is 0.904. The first-order valence-electron chi connectivity index (χ1n) is 5.11. The van der Waals surface area contributed by atoms with Crippen LogP contribution in [0.25, 0.3) is 6.08 Å². The van der Waals surface area contributed by atoms with Crippen molar-refractivity contribution in [3.05, 3.63) is 66.3 Å². The normalized spacial score (nSPS) is 10.6. The zero-order valence-electron chi connectivity index (χ0n) is 9.02. The van der Waals surface area contributed by atoms with Gasteiger partial charge in [0.05, 0.1) is 5.69 Å². The molecule has 0 spiro atoms. The van der Waals surface area contributed by atoms with Gasteiger partial charge in [0.15, 0.2) is 0 Å². The summed E-state index contributed by atoms with van der Waals surface area (Å²) in [5.74, 6) is -0.279. The number of hydrogen-bond donors (Lipinski definition) is 1. The lowest BCUT2D eigenvalue weighted by Gasteiger charge is -1.91. The standard InChI is InChI=1S/C13H11N2O2/c16-13(12-6-2-4-10-15(12)17)8-7-11-5-1-3-9-14-11/h1-10,17H/q+1. The average Bonchev–Trinajstić information content (AvgIpc) is 2.38. The summed E-state index contributed by atoms with van der Waals surface area (Å²) in [5, 5.41) is 9.42. The quantitative estimate of drug-likeness (QED) is 0.374. The molecule has 1 N–H and O–H groups in total. The highest BCUT2D eigenvalue weighted by atomic mass is 16.5. The molecule has 0 aromatic carbocycles. The first kappa shape index (κ1) is 11.0. The maximum Gasteiger partial charge on any atom is 0.304 e. The fraction of sp³-hybridized carbons (Fsp3) is 0. The molecule has 0 unspecified atom stereocenters. The number of nitrogens with zero attached hydrogens (tertiary/aromatic N) is 2. The van der Waals surface area contributed by atoms with Crippen molar-refractivity contribution < 1.29 is 14.7 Å². The van der Waals surface area contributed by atoms with Crippen molar-refractivity contribution in [2.45, 2.75) is 0 Å². The number of pyridine rings is 2. The summed E-state index contributed by atoms with van der Waals surface area (Å²) in [6, 6.07) is 10.3. The number of rotatable bonds is 3. The van der Waals surface area contributed by atoms with Crippen molar-refractivity contribution in [3.8, 4) is 0 Å². The summed E-state index contributed by atoms with van der Waals surface area (Å²) in [6.45, 7) is 0. The molecule has 2 heterocycles. The van der Waals surface area contributed by atoms with E-state index in [9.17, 15) is 10.0 Å². The number of hydrogen-bond acceptors (Lipinski definition) is 3. The lowest BCUT2D eigenvalue weighted by Crippen LogP contribution is -2.36. The maximum atomic E-state index is 11.7. The third-order valence-electron chi connectivity index (χ3n) is 2.18. The van der Waals surface area contributed by atoms with Crippen molar-refractivity contribution in [3.63, 3.8) is 0 Å². The average molecular weight is 227 g/mol. The SMILES string of the molecule is O=C(C=Cc1ccccn1)c1cccc[n+]1O. The Morgan fingerprint density at radius 2 is 2.06 bits per heavy atom. The molecule has 4 heteroatoms. The zero-order chi connectivity index (χ0) is 12.1. The van der Waals surface area contributed by atoms with Gasteiger partial charge in [0.25, 0.3) is 5.78 Å². The number of ketones is 1. The highest BCUT2D eigenvalue weighted by Crippen LogP contribution is 1.99. The third kappa shape index (κ3) is 2.75. The van der Waals surface area contributed by atoms with E-state index in [0.717, 1.165) is 4.73 Å². The molecule has 0 saturated heterocycles. The van der Waals surface area contributed by atoms with Gasteiger partial charge in [0.2, 0.25) is 6.20 Å². The molecule has 0 aliphatic heterocycles. The Kier molecular flexibility index (Phi) is 3.25. The zero-order valence-corrected chi connectivity index (χ0v) is 9.02. The summed E-state index contributed by atoms with van der Waals surface area (Å²) in [6.07, 6.45) is 6.04. The van der Waals surface area contributed by atoms with Crippen LogP contribution in [0.15, 0.2) is 54.9 Å². The molecule has 0 atom stereocenters. The van der Waals surface area contributed by atoms with E-state index in [1.807, 2.05) is 6.07 Å². The van der Waals surface area contributed by atoms with E-state index in [0.29, 0.717) is 5.69 Å². The molecule has 4 nitrogen and oxygen atoms in total. The fourth-order valence-electron chi connectivity index (χ4n) is 1.35. The van der Waals surface area contributed by atoms with Crippen LogP contribution >= 0.6 is 0 Å². The van der Waals surface area contributed by atoms with Gasteiger partial charge < -0.3 is 0 Å². The predicted molar refractivity (Wildman–Crippen MR) is 61.4 cm³/mol. The minimum absolute atomic E-state index is 0.208. The second kappa shape index (κ2) is 5.03. The van der Waals surface area contributed by atoms with E-state index >= 15 is 0 Å². The second-order valence-electron chi connectivity index (χ2n) is 3.38. The molecule has 0 aliphatic rings. The summed E-state index contributed by atoms with van der Waals surface area (Å²) in [7, 11) is 0. The first-order chi connectivity index (χ1) is 8.27. The second-order valence-corrected chi connectivity index (χ2v) is 3.38. The van der Waals surface area contributed by atoms with E-state index in [2.05, 4.69) is 4.98 Å². The molecule has 17 heavy (non-hydrogen) atoms. The van der Waals surface area contributed by atoms with Crippen molar-refractivity contribution in [1.82, 2.24) is 4.98 Å². The monoisotopic (exact) mass is 227 g/mol. The van der Waals surface area contributed by atoms with E-state index in [-0.39, 0.29) is 11.5 Å². The summed E-state index contributed by atoms with van der Waals surface area (Å²) < 4.78 is 0.797. The van der Waals surface area contributed by atoms with Gasteiger partial charge in [-0.15, -0.1) is 0 Å². The molecule has 84 valence electrons. The van der Waals surface area contributed by atoms with Gasteiger partial charge in [-0.2, -0.15) is 0 Å². The summed E-state index contributed by atoms with van der Waals surface area (Å²) in [4.78, 5) is 15.8. The van der Waals surface area contributed by atoms with Crippen LogP contribution in [0.5, 0.6) is 0 Å². The Bertz CT molecular complexity index is 550. The minimum Gasteiger partial charge on any atom is -0.284 e. The van der Waals surface area contributed by atoms with Crippen LogP contribution in [0.1, 0.15) is 16.2 Å². The molecule has 0 bridgehead atoms. The first-order valence-corrected chi connectivity index (χ1v) is 5.11. The van der Waals surface area contributed by atoms with Gasteiger partial charge in [-0.25, -0.2) is 0 Å². The smallest absolute Gasteiger partial charge is 0.284 e. The molecule has 0 aliphatic carbocycles. The largest absolute Gasteiger partial charge is 0.304 e. The van der Waals surface area contributed by atoms with Gasteiger partial charge in [-0.3, -0.25) is 15.0 Å². The lowest BCUT2D eigenvalue weighted by atomic mass is 10.2. The van der Waals surface area contributed by atoms with Gasteiger partial charge >= 0.3 is 5.69 Å². The molecule has 2 aromatic rings. The maximum absolute atomic E-state index is 11.7. The van der Waals surface area contributed by atoms with Crippen LogP contribution in [-0.4, -0.2) is 16.0 Å². The van der Waals surface area contributed by atoms with E-state index in [1.165, 1.54) is 12.3 Å². The van der Waals surface area contributed by atoms with Gasteiger partial charge in [0.1, 0.15) is 0 Å². The van der Waals surface area contributed by atoms with Gasteiger partial charge in [0, 0.05) is 23.1 Å². The molecule has 2 rings (SSSR count). The molecular weight excluding hydrogens is 216 g/mol. The van der Waals surface area contributed by atoms with Crippen LogP contribution in [0.3, 0.4) is 0 Å². The highest BCUT2D eigenvalue weighted by molar-refractivity contribution is 6.04. The van der Waals surface area contributed by atoms with Gasteiger partial charge in [-0.05, 0) is 30.4 Å².